The van der Waals surface area contributed by atoms with Crippen LogP contribution in [0, 0.1) is 5.41 Å². The number of fused-ring (bicyclic) bond motifs is 2. The highest BCUT2D eigenvalue weighted by atomic mass is 19.4. The summed E-state index contributed by atoms with van der Waals surface area (Å²) in [5.41, 5.74) is 10.2. The monoisotopic (exact) mass is 627 g/mol. The largest absolute Gasteiger partial charge is 0.507 e. The summed E-state index contributed by atoms with van der Waals surface area (Å²) in [6.45, 7) is 3.97. The van der Waals surface area contributed by atoms with Crippen molar-refractivity contribution in [3.05, 3.63) is 48.7 Å². The Kier molecular flexibility index (Phi) is 8.33. The van der Waals surface area contributed by atoms with Crippen molar-refractivity contribution in [3.63, 3.8) is 0 Å². The lowest BCUT2D eigenvalue weighted by molar-refractivity contribution is -0.192. The predicted octanol–water partition coefficient (Wildman–Crippen LogP) is 4.23. The van der Waals surface area contributed by atoms with Crippen LogP contribution in [0.15, 0.2) is 48.7 Å². The molecular weight excluding hydrogens is 591 g/mol. The van der Waals surface area contributed by atoms with E-state index in [1.54, 1.807) is 12.1 Å². The molecule has 2 bridgehead atoms. The number of piperidine rings is 1. The lowest BCUT2D eigenvalue weighted by atomic mass is 9.62. The predicted molar refractivity (Wildman–Crippen MR) is 161 cm³/mol. The number of aliphatic carboxylic acids is 1. The van der Waals surface area contributed by atoms with E-state index in [1.165, 1.54) is 18.5 Å². The van der Waals surface area contributed by atoms with E-state index >= 15 is 0 Å². The Balaban J connectivity index is 0.000000460. The number of nitrogen functional groups attached to an aromatic ring is 1. The molecule has 4 aliphatic rings. The van der Waals surface area contributed by atoms with Crippen LogP contribution in [-0.4, -0.2) is 81.9 Å². The van der Waals surface area contributed by atoms with Crippen LogP contribution in [0.3, 0.4) is 0 Å². The van der Waals surface area contributed by atoms with Gasteiger partial charge in [-0.15, -0.1) is 10.2 Å². The van der Waals surface area contributed by atoms with E-state index in [-0.39, 0.29) is 11.9 Å². The molecule has 3 aromatic rings. The van der Waals surface area contributed by atoms with Gasteiger partial charge in [0.05, 0.1) is 11.4 Å². The van der Waals surface area contributed by atoms with Gasteiger partial charge in [-0.1, -0.05) is 12.1 Å². The number of phenols is 1. The fourth-order valence-electron chi connectivity index (χ4n) is 7.14. The number of aromatic hydroxyl groups is 1. The van der Waals surface area contributed by atoms with E-state index in [1.807, 2.05) is 24.4 Å². The summed E-state index contributed by atoms with van der Waals surface area (Å²) in [5, 5.41) is 29.4. The number of piperazine rings is 1. The molecule has 11 nitrogen and oxygen atoms in total. The van der Waals surface area contributed by atoms with Gasteiger partial charge in [-0.2, -0.15) is 13.2 Å². The van der Waals surface area contributed by atoms with Gasteiger partial charge in [-0.05, 0) is 81.3 Å². The Morgan fingerprint density at radius 2 is 1.71 bits per heavy atom. The molecule has 1 saturated carbocycles. The molecule has 3 aliphatic heterocycles. The molecule has 45 heavy (non-hydrogen) atoms. The summed E-state index contributed by atoms with van der Waals surface area (Å²) in [4.78, 5) is 18.3. The van der Waals surface area contributed by atoms with Crippen LogP contribution in [0.4, 0.5) is 30.4 Å². The van der Waals surface area contributed by atoms with Crippen molar-refractivity contribution in [2.24, 2.45) is 5.41 Å². The lowest BCUT2D eigenvalue weighted by Crippen LogP contribution is -2.54. The zero-order valence-corrected chi connectivity index (χ0v) is 24.6. The molecule has 0 radical (unpaired) electrons. The molecular formula is C31H36F3N7O4. The second-order valence-corrected chi connectivity index (χ2v) is 12.3. The van der Waals surface area contributed by atoms with Crippen molar-refractivity contribution >= 4 is 23.2 Å². The van der Waals surface area contributed by atoms with E-state index in [2.05, 4.69) is 42.4 Å². The van der Waals surface area contributed by atoms with Crippen molar-refractivity contribution in [2.75, 3.05) is 41.7 Å². The molecule has 5 N–H and O–H groups in total. The quantitative estimate of drug-likeness (QED) is 0.322. The number of phenolic OH excluding ortho intramolecular Hbond substituents is 1. The maximum Gasteiger partial charge on any atom is 0.490 e. The molecule has 14 heteroatoms. The highest BCUT2D eigenvalue weighted by Gasteiger charge is 2.46. The van der Waals surface area contributed by atoms with Gasteiger partial charge in [0.1, 0.15) is 11.9 Å². The molecule has 4 fully saturated rings. The van der Waals surface area contributed by atoms with E-state index in [4.69, 9.17) is 20.4 Å². The molecule has 7 rings (SSSR count). The lowest BCUT2D eigenvalue weighted by Gasteiger charge is -2.49. The maximum atomic E-state index is 10.6. The standard InChI is InChI=1S/C29H35N7O2.C2HF3O2/c30-28-25(14-24(33-34-28)23-3-1-2-4-26(23)37)35-17-20-5-6-21(18-35)36(20)19-7-10-32-27(13-19)38-22-15-29(16-22)8-11-31-12-9-29;3-2(4,5)1(6)7/h1-4,7,10,13-14,20-22,31,37H,5-6,8-9,11-12,15-18H2,(H2,30,34);(H,6,7). The number of aromatic nitrogens is 3. The second kappa shape index (κ2) is 12.2. The topological polar surface area (TPSA) is 150 Å². The number of hydrogen-bond donors (Lipinski definition) is 4. The first-order chi connectivity index (χ1) is 21.5. The first-order valence-corrected chi connectivity index (χ1v) is 15.1. The average Bonchev–Trinajstić information content (AvgIpc) is 3.26. The van der Waals surface area contributed by atoms with Crippen LogP contribution in [-0.2, 0) is 4.79 Å². The Hall–Kier alpha value is -4.33. The number of rotatable bonds is 5. The summed E-state index contributed by atoms with van der Waals surface area (Å²) in [7, 11) is 0. The van der Waals surface area contributed by atoms with Gasteiger partial charge in [-0.25, -0.2) is 9.78 Å². The number of halogens is 3. The number of carboxylic acid groups (broad SMARTS) is 1. The highest BCUT2D eigenvalue weighted by Crippen LogP contribution is 2.49. The van der Waals surface area contributed by atoms with E-state index in [0.29, 0.717) is 34.6 Å². The Morgan fingerprint density at radius 1 is 1.04 bits per heavy atom. The first kappa shape index (κ1) is 30.7. The van der Waals surface area contributed by atoms with Crippen molar-refractivity contribution in [1.82, 2.24) is 20.5 Å². The minimum absolute atomic E-state index is 0.186. The number of hydrogen-bond acceptors (Lipinski definition) is 10. The molecule has 3 saturated heterocycles. The number of para-hydroxylation sites is 1. The molecule has 1 aromatic carbocycles. The van der Waals surface area contributed by atoms with Crippen LogP contribution in [0.2, 0.25) is 0 Å². The molecule has 5 heterocycles. The number of ether oxygens (including phenoxy) is 1. The van der Waals surface area contributed by atoms with Gasteiger partial charge in [0, 0.05) is 48.7 Å². The number of nitrogens with zero attached hydrogens (tertiary/aromatic N) is 5. The van der Waals surface area contributed by atoms with Crippen LogP contribution >= 0.6 is 0 Å². The minimum Gasteiger partial charge on any atom is -0.507 e. The molecule has 0 amide bonds. The normalized spacial score (nSPS) is 22.4. The van der Waals surface area contributed by atoms with Crippen LogP contribution in [0.1, 0.15) is 38.5 Å². The van der Waals surface area contributed by atoms with Gasteiger partial charge in [-0.3, -0.25) is 0 Å². The van der Waals surface area contributed by atoms with Crippen molar-refractivity contribution in [1.29, 1.82) is 0 Å². The molecule has 1 spiro atoms. The second-order valence-electron chi connectivity index (χ2n) is 12.3. The third-order valence-corrected chi connectivity index (χ3v) is 9.34. The Morgan fingerprint density at radius 3 is 2.36 bits per heavy atom. The minimum atomic E-state index is -5.08. The number of nitrogens with one attached hydrogen (secondary N) is 1. The van der Waals surface area contributed by atoms with Gasteiger partial charge < -0.3 is 35.8 Å². The zero-order valence-electron chi connectivity index (χ0n) is 24.6. The summed E-state index contributed by atoms with van der Waals surface area (Å²) >= 11 is 0. The summed E-state index contributed by atoms with van der Waals surface area (Å²) in [6.07, 6.45) is 4.17. The van der Waals surface area contributed by atoms with E-state index in [9.17, 15) is 18.3 Å². The molecule has 2 aromatic heterocycles. The fraction of sp³-hybridized carbons (Fsp3) is 0.484. The van der Waals surface area contributed by atoms with Crippen LogP contribution in [0.25, 0.3) is 11.3 Å². The molecule has 2 atom stereocenters. The number of carbonyl (C=O) groups is 1. The van der Waals surface area contributed by atoms with Gasteiger partial charge in [0.15, 0.2) is 5.82 Å². The molecule has 2 unspecified atom stereocenters. The smallest absolute Gasteiger partial charge is 0.490 e. The summed E-state index contributed by atoms with van der Waals surface area (Å²) < 4.78 is 38.1. The van der Waals surface area contributed by atoms with Gasteiger partial charge in [0.2, 0.25) is 5.88 Å². The third kappa shape index (κ3) is 6.56. The fourth-order valence-corrected chi connectivity index (χ4v) is 7.14. The third-order valence-electron chi connectivity index (χ3n) is 9.34. The SMILES string of the molecule is Nc1nnc(-c2ccccc2O)cc1N1CC2CCC(C1)N2c1ccnc(OC2CC3(CCNCC3)C2)c1.O=C(O)C(F)(F)F. The Bertz CT molecular complexity index is 1510. The molecule has 1 aliphatic carbocycles. The number of nitrogens with two attached hydrogens (primary N) is 1. The van der Waals surface area contributed by atoms with E-state index < -0.39 is 12.1 Å². The number of pyridine rings is 1. The number of benzene rings is 1. The van der Waals surface area contributed by atoms with Gasteiger partial charge in [0.25, 0.3) is 0 Å². The first-order valence-electron chi connectivity index (χ1n) is 15.1. The number of carboxylic acids is 1. The highest BCUT2D eigenvalue weighted by molar-refractivity contribution is 5.74. The van der Waals surface area contributed by atoms with Gasteiger partial charge >= 0.3 is 12.1 Å². The average molecular weight is 628 g/mol. The van der Waals surface area contributed by atoms with Crippen LogP contribution in [0.5, 0.6) is 11.6 Å². The summed E-state index contributed by atoms with van der Waals surface area (Å²) in [5.74, 6) is -1.41. The zero-order chi connectivity index (χ0) is 31.8. The van der Waals surface area contributed by atoms with Crippen molar-refractivity contribution in [3.8, 4) is 22.9 Å². The summed E-state index contributed by atoms with van der Waals surface area (Å²) in [6, 6.07) is 14.1. The number of anilines is 3. The maximum absolute atomic E-state index is 10.6. The van der Waals surface area contributed by atoms with Crippen molar-refractivity contribution < 1.29 is 32.9 Å². The molecule has 240 valence electrons. The Labute approximate surface area is 258 Å². The van der Waals surface area contributed by atoms with E-state index in [0.717, 1.165) is 63.4 Å². The van der Waals surface area contributed by atoms with Crippen molar-refractivity contribution in [2.45, 2.75) is 62.9 Å². The van der Waals surface area contributed by atoms with Crippen LogP contribution < -0.4 is 25.6 Å². The number of alkyl halides is 3.